The first-order valence-electron chi connectivity index (χ1n) is 8.73. The minimum Gasteiger partial charge on any atom is -0.463 e. The van der Waals surface area contributed by atoms with Crippen LogP contribution in [0.5, 0.6) is 0 Å². The predicted octanol–water partition coefficient (Wildman–Crippen LogP) is 3.02. The van der Waals surface area contributed by atoms with Gasteiger partial charge in [-0.2, -0.15) is 5.10 Å². The molecular weight excluding hydrogens is 330 g/mol. The third-order valence-corrected chi connectivity index (χ3v) is 4.60. The topological polar surface area (TPSA) is 77.1 Å². The van der Waals surface area contributed by atoms with E-state index in [-0.39, 0.29) is 18.0 Å². The lowest BCUT2D eigenvalue weighted by atomic mass is 9.90. The lowest BCUT2D eigenvalue weighted by molar-refractivity contribution is -0.117. The van der Waals surface area contributed by atoms with Gasteiger partial charge < -0.3 is 9.73 Å². The third kappa shape index (κ3) is 3.31. The summed E-state index contributed by atoms with van der Waals surface area (Å²) in [6.45, 7) is -0.142. The summed E-state index contributed by atoms with van der Waals surface area (Å²) < 4.78 is 6.45. The number of anilines is 1. The molecular formula is C20H19N3O3. The number of rotatable bonds is 4. The van der Waals surface area contributed by atoms with E-state index in [0.29, 0.717) is 11.5 Å². The van der Waals surface area contributed by atoms with E-state index in [1.165, 1.54) is 29.9 Å². The second-order valence-corrected chi connectivity index (χ2v) is 6.39. The van der Waals surface area contributed by atoms with Crippen LogP contribution in [0.2, 0.25) is 0 Å². The molecule has 1 N–H and O–H groups in total. The molecule has 0 fully saturated rings. The van der Waals surface area contributed by atoms with Gasteiger partial charge in [-0.05, 0) is 61.1 Å². The summed E-state index contributed by atoms with van der Waals surface area (Å²) in [5.41, 5.74) is 3.52. The van der Waals surface area contributed by atoms with Crippen LogP contribution in [0.25, 0.3) is 11.5 Å². The Bertz CT molecular complexity index is 990. The van der Waals surface area contributed by atoms with Crippen molar-refractivity contribution < 1.29 is 9.21 Å². The highest BCUT2D eigenvalue weighted by molar-refractivity contribution is 5.91. The molecule has 0 unspecified atom stereocenters. The standard InChI is InChI=1S/C20H19N3O3/c24-19(21-16-8-3-6-14-5-1-2-7-15(14)16)13-23-20(25)11-10-17(22-23)18-9-4-12-26-18/h3-4,6,8-12H,1-2,5,7,13H2,(H,21,24). The Morgan fingerprint density at radius 1 is 1.12 bits per heavy atom. The van der Waals surface area contributed by atoms with E-state index in [0.717, 1.165) is 29.6 Å². The number of carbonyl (C=O) groups is 1. The number of fused-ring (bicyclic) bond motifs is 1. The maximum absolute atomic E-state index is 12.5. The van der Waals surface area contributed by atoms with Crippen molar-refractivity contribution in [2.45, 2.75) is 32.2 Å². The fourth-order valence-corrected chi connectivity index (χ4v) is 3.34. The highest BCUT2D eigenvalue weighted by atomic mass is 16.3. The number of nitrogens with zero attached hydrogens (tertiary/aromatic N) is 2. The molecule has 0 atom stereocenters. The fourth-order valence-electron chi connectivity index (χ4n) is 3.34. The smallest absolute Gasteiger partial charge is 0.267 e. The van der Waals surface area contributed by atoms with Crippen LogP contribution < -0.4 is 10.9 Å². The van der Waals surface area contributed by atoms with E-state index < -0.39 is 0 Å². The number of aromatic nitrogens is 2. The summed E-state index contributed by atoms with van der Waals surface area (Å²) in [5.74, 6) is 0.284. The van der Waals surface area contributed by atoms with Crippen LogP contribution in [-0.4, -0.2) is 15.7 Å². The molecule has 3 aromatic rings. The van der Waals surface area contributed by atoms with Gasteiger partial charge in [0.05, 0.1) is 6.26 Å². The average molecular weight is 349 g/mol. The van der Waals surface area contributed by atoms with Crippen LogP contribution in [0.3, 0.4) is 0 Å². The largest absolute Gasteiger partial charge is 0.463 e. The van der Waals surface area contributed by atoms with E-state index in [1.54, 1.807) is 18.2 Å². The Balaban J connectivity index is 1.54. The Hall–Kier alpha value is -3.15. The lowest BCUT2D eigenvalue weighted by Gasteiger charge is -2.19. The average Bonchev–Trinajstić information content (AvgIpc) is 3.18. The minimum atomic E-state index is -0.328. The molecule has 1 aromatic carbocycles. The van der Waals surface area contributed by atoms with Crippen molar-refractivity contribution >= 4 is 11.6 Å². The molecule has 1 aliphatic rings. The zero-order valence-corrected chi connectivity index (χ0v) is 14.3. The molecule has 0 saturated carbocycles. The van der Waals surface area contributed by atoms with Crippen molar-refractivity contribution in [3.8, 4) is 11.5 Å². The number of furan rings is 1. The number of hydrogen-bond donors (Lipinski definition) is 1. The van der Waals surface area contributed by atoms with Gasteiger partial charge in [-0.3, -0.25) is 9.59 Å². The normalized spacial score (nSPS) is 13.2. The number of aryl methyl sites for hydroxylation is 1. The lowest BCUT2D eigenvalue weighted by Crippen LogP contribution is -2.29. The van der Waals surface area contributed by atoms with E-state index in [4.69, 9.17) is 4.42 Å². The summed E-state index contributed by atoms with van der Waals surface area (Å²) in [4.78, 5) is 24.5. The molecule has 0 aliphatic heterocycles. The predicted molar refractivity (Wildman–Crippen MR) is 97.9 cm³/mol. The zero-order valence-electron chi connectivity index (χ0n) is 14.3. The van der Waals surface area contributed by atoms with Gasteiger partial charge in [0, 0.05) is 11.8 Å². The first kappa shape index (κ1) is 16.3. The second kappa shape index (κ2) is 7.00. The van der Waals surface area contributed by atoms with E-state index >= 15 is 0 Å². The van der Waals surface area contributed by atoms with Crippen molar-refractivity contribution in [2.75, 3.05) is 5.32 Å². The van der Waals surface area contributed by atoms with Crippen LogP contribution >= 0.6 is 0 Å². The van der Waals surface area contributed by atoms with Crippen molar-refractivity contribution in [3.63, 3.8) is 0 Å². The first-order chi connectivity index (χ1) is 12.7. The Morgan fingerprint density at radius 2 is 2.00 bits per heavy atom. The van der Waals surface area contributed by atoms with Crippen LogP contribution in [-0.2, 0) is 24.2 Å². The molecule has 1 aliphatic carbocycles. The summed E-state index contributed by atoms with van der Waals surface area (Å²) >= 11 is 0. The number of benzene rings is 1. The molecule has 0 radical (unpaired) electrons. The Labute approximate surface area is 150 Å². The maximum atomic E-state index is 12.5. The van der Waals surface area contributed by atoms with Crippen molar-refractivity contribution in [1.29, 1.82) is 0 Å². The molecule has 132 valence electrons. The Kier molecular flexibility index (Phi) is 4.39. The molecule has 0 bridgehead atoms. The van der Waals surface area contributed by atoms with E-state index in [1.807, 2.05) is 12.1 Å². The molecule has 0 saturated heterocycles. The number of amides is 1. The van der Waals surface area contributed by atoms with Crippen LogP contribution in [0.1, 0.15) is 24.0 Å². The van der Waals surface area contributed by atoms with Gasteiger partial charge in [-0.25, -0.2) is 4.68 Å². The van der Waals surface area contributed by atoms with Gasteiger partial charge in [0.1, 0.15) is 12.2 Å². The first-order valence-corrected chi connectivity index (χ1v) is 8.73. The molecule has 2 heterocycles. The zero-order chi connectivity index (χ0) is 17.9. The van der Waals surface area contributed by atoms with Crippen molar-refractivity contribution in [3.05, 3.63) is 70.2 Å². The molecule has 2 aromatic heterocycles. The van der Waals surface area contributed by atoms with Crippen molar-refractivity contribution in [2.24, 2.45) is 0 Å². The van der Waals surface area contributed by atoms with Crippen LogP contribution in [0.15, 0.2) is 57.9 Å². The maximum Gasteiger partial charge on any atom is 0.267 e. The fraction of sp³-hybridized carbons (Fsp3) is 0.250. The second-order valence-electron chi connectivity index (χ2n) is 6.39. The quantitative estimate of drug-likeness (QED) is 0.785. The highest BCUT2D eigenvalue weighted by Gasteiger charge is 2.15. The summed E-state index contributed by atoms with van der Waals surface area (Å²) in [6.07, 6.45) is 5.87. The van der Waals surface area contributed by atoms with Crippen LogP contribution in [0, 0.1) is 0 Å². The number of nitrogens with one attached hydrogen (secondary N) is 1. The summed E-state index contributed by atoms with van der Waals surface area (Å²) in [7, 11) is 0. The number of carbonyl (C=O) groups excluding carboxylic acids is 1. The van der Waals surface area contributed by atoms with E-state index in [9.17, 15) is 9.59 Å². The van der Waals surface area contributed by atoms with Gasteiger partial charge in [-0.15, -0.1) is 0 Å². The molecule has 6 heteroatoms. The molecule has 0 spiro atoms. The molecule has 6 nitrogen and oxygen atoms in total. The minimum absolute atomic E-state index is 0.142. The van der Waals surface area contributed by atoms with E-state index in [2.05, 4.69) is 16.5 Å². The summed E-state index contributed by atoms with van der Waals surface area (Å²) in [5, 5.41) is 7.17. The SMILES string of the molecule is O=C(Cn1nc(-c2ccco2)ccc1=O)Nc1cccc2c1CCCC2. The monoisotopic (exact) mass is 349 g/mol. The van der Waals surface area contributed by atoms with Crippen LogP contribution in [0.4, 0.5) is 5.69 Å². The number of hydrogen-bond acceptors (Lipinski definition) is 4. The van der Waals surface area contributed by atoms with Gasteiger partial charge in [0.2, 0.25) is 5.91 Å². The third-order valence-electron chi connectivity index (χ3n) is 4.60. The highest BCUT2D eigenvalue weighted by Crippen LogP contribution is 2.27. The van der Waals surface area contributed by atoms with Gasteiger partial charge in [0.25, 0.3) is 5.56 Å². The van der Waals surface area contributed by atoms with Gasteiger partial charge in [0.15, 0.2) is 5.76 Å². The summed E-state index contributed by atoms with van der Waals surface area (Å²) in [6, 6.07) is 12.5. The molecule has 1 amide bonds. The van der Waals surface area contributed by atoms with Gasteiger partial charge >= 0.3 is 0 Å². The van der Waals surface area contributed by atoms with Gasteiger partial charge in [-0.1, -0.05) is 12.1 Å². The molecule has 4 rings (SSSR count). The molecule has 26 heavy (non-hydrogen) atoms. The Morgan fingerprint density at radius 3 is 2.85 bits per heavy atom. The van der Waals surface area contributed by atoms with Crippen molar-refractivity contribution in [1.82, 2.24) is 9.78 Å².